The minimum Gasteiger partial charge on any atom is -0.494 e. The number of unbranched alkanes of at least 4 members (excludes halogenated alkanes) is 1. The molecule has 6 nitrogen and oxygen atoms in total. The number of carbonyl (C=O) groups excluding carboxylic acids is 1. The van der Waals surface area contributed by atoms with Gasteiger partial charge in [-0.05, 0) is 61.1 Å². The number of amides is 1. The first kappa shape index (κ1) is 21.5. The Kier molecular flexibility index (Phi) is 7.59. The van der Waals surface area contributed by atoms with Crippen LogP contribution in [0.2, 0.25) is 0 Å². The molecule has 0 unspecified atom stereocenters. The number of hydrogen-bond acceptors (Lipinski definition) is 5. The number of nitrogens with one attached hydrogen (secondary N) is 2. The third kappa shape index (κ3) is 5.92. The minimum absolute atomic E-state index is 0.154. The van der Waals surface area contributed by atoms with Crippen molar-refractivity contribution in [2.24, 2.45) is 0 Å². The monoisotopic (exact) mass is 424 g/mol. The molecule has 0 spiro atoms. The summed E-state index contributed by atoms with van der Waals surface area (Å²) in [7, 11) is 0. The Morgan fingerprint density at radius 3 is 2.73 bits per heavy atom. The SMILES string of the molecule is CCCCOc1cccc(C(=O)NC(=S)Nc2cccc(-c3ccc(CO)o3)c2)c1. The van der Waals surface area contributed by atoms with Crippen LogP contribution >= 0.6 is 12.2 Å². The van der Waals surface area contributed by atoms with Gasteiger partial charge in [0, 0.05) is 16.8 Å². The number of ether oxygens (including phenoxy) is 1. The minimum atomic E-state index is -0.316. The highest BCUT2D eigenvalue weighted by atomic mass is 32.1. The Hall–Kier alpha value is -3.16. The van der Waals surface area contributed by atoms with Crippen LogP contribution in [0, 0.1) is 0 Å². The number of rotatable bonds is 8. The van der Waals surface area contributed by atoms with Gasteiger partial charge in [0.1, 0.15) is 23.9 Å². The molecule has 3 rings (SSSR count). The molecule has 2 aromatic carbocycles. The van der Waals surface area contributed by atoms with E-state index in [2.05, 4.69) is 17.6 Å². The van der Waals surface area contributed by atoms with Crippen molar-refractivity contribution < 1.29 is 19.1 Å². The van der Waals surface area contributed by atoms with Crippen molar-refractivity contribution in [3.63, 3.8) is 0 Å². The molecule has 0 saturated carbocycles. The lowest BCUT2D eigenvalue weighted by molar-refractivity contribution is 0.0977. The second-order valence-electron chi connectivity index (χ2n) is 6.64. The zero-order valence-corrected chi connectivity index (χ0v) is 17.5. The van der Waals surface area contributed by atoms with Crippen LogP contribution in [0.5, 0.6) is 5.75 Å². The van der Waals surface area contributed by atoms with Gasteiger partial charge < -0.3 is 19.6 Å². The van der Waals surface area contributed by atoms with E-state index in [4.69, 9.17) is 26.5 Å². The molecule has 0 bridgehead atoms. The summed E-state index contributed by atoms with van der Waals surface area (Å²) in [5.74, 6) is 1.47. The summed E-state index contributed by atoms with van der Waals surface area (Å²) in [4.78, 5) is 12.5. The van der Waals surface area contributed by atoms with E-state index in [1.807, 2.05) is 30.3 Å². The summed E-state index contributed by atoms with van der Waals surface area (Å²) >= 11 is 5.28. The van der Waals surface area contributed by atoms with Crippen molar-refractivity contribution in [1.82, 2.24) is 5.32 Å². The van der Waals surface area contributed by atoms with Gasteiger partial charge in [-0.25, -0.2) is 0 Å². The summed E-state index contributed by atoms with van der Waals surface area (Å²) in [6.45, 7) is 2.56. The van der Waals surface area contributed by atoms with Crippen LogP contribution < -0.4 is 15.4 Å². The average molecular weight is 425 g/mol. The van der Waals surface area contributed by atoms with Crippen molar-refractivity contribution in [2.75, 3.05) is 11.9 Å². The van der Waals surface area contributed by atoms with Crippen molar-refractivity contribution in [3.8, 4) is 17.1 Å². The van der Waals surface area contributed by atoms with E-state index in [1.165, 1.54) is 0 Å². The van der Waals surface area contributed by atoms with Gasteiger partial charge in [0.25, 0.3) is 5.91 Å². The average Bonchev–Trinajstić information content (AvgIpc) is 3.24. The van der Waals surface area contributed by atoms with Crippen LogP contribution in [0.3, 0.4) is 0 Å². The molecule has 0 aliphatic carbocycles. The first-order chi connectivity index (χ1) is 14.6. The molecular weight excluding hydrogens is 400 g/mol. The molecule has 1 heterocycles. The van der Waals surface area contributed by atoms with E-state index in [1.54, 1.807) is 30.3 Å². The molecule has 0 aliphatic heterocycles. The molecule has 1 amide bonds. The van der Waals surface area contributed by atoms with Gasteiger partial charge >= 0.3 is 0 Å². The number of furan rings is 1. The lowest BCUT2D eigenvalue weighted by Gasteiger charge is -2.11. The van der Waals surface area contributed by atoms with Gasteiger partial charge in [-0.3, -0.25) is 10.1 Å². The van der Waals surface area contributed by atoms with E-state index >= 15 is 0 Å². The van der Waals surface area contributed by atoms with Gasteiger partial charge in [0.15, 0.2) is 5.11 Å². The summed E-state index contributed by atoms with van der Waals surface area (Å²) in [5.41, 5.74) is 2.00. The van der Waals surface area contributed by atoms with Crippen LogP contribution in [0.25, 0.3) is 11.3 Å². The molecule has 1 aromatic heterocycles. The number of anilines is 1. The second-order valence-corrected chi connectivity index (χ2v) is 7.05. The molecule has 7 heteroatoms. The highest BCUT2D eigenvalue weighted by molar-refractivity contribution is 7.80. The van der Waals surface area contributed by atoms with Gasteiger partial charge in [-0.2, -0.15) is 0 Å². The summed E-state index contributed by atoms with van der Waals surface area (Å²) in [6.07, 6.45) is 2.01. The van der Waals surface area contributed by atoms with E-state index < -0.39 is 0 Å². The molecule has 0 saturated heterocycles. The van der Waals surface area contributed by atoms with Gasteiger partial charge in [0.2, 0.25) is 0 Å². The number of thiocarbonyl (C=S) groups is 1. The molecule has 156 valence electrons. The number of carbonyl (C=O) groups is 1. The van der Waals surface area contributed by atoms with E-state index in [0.717, 1.165) is 18.4 Å². The zero-order chi connectivity index (χ0) is 21.3. The predicted octanol–water partition coefficient (Wildman–Crippen LogP) is 4.74. The van der Waals surface area contributed by atoms with Crippen LogP contribution in [0.15, 0.2) is 65.1 Å². The number of benzene rings is 2. The maximum Gasteiger partial charge on any atom is 0.257 e. The second kappa shape index (κ2) is 10.6. The fourth-order valence-corrected chi connectivity index (χ4v) is 2.98. The largest absolute Gasteiger partial charge is 0.494 e. The predicted molar refractivity (Wildman–Crippen MR) is 121 cm³/mol. The molecule has 0 atom stereocenters. The maximum atomic E-state index is 12.5. The quantitative estimate of drug-likeness (QED) is 0.358. The molecule has 0 aliphatic rings. The lowest BCUT2D eigenvalue weighted by Crippen LogP contribution is -2.34. The Morgan fingerprint density at radius 1 is 1.13 bits per heavy atom. The number of hydrogen-bond donors (Lipinski definition) is 3. The van der Waals surface area contributed by atoms with Gasteiger partial charge in [-0.15, -0.1) is 0 Å². The number of aliphatic hydroxyl groups excluding tert-OH is 1. The van der Waals surface area contributed by atoms with E-state index in [9.17, 15) is 4.79 Å². The van der Waals surface area contributed by atoms with Gasteiger partial charge in [-0.1, -0.05) is 31.5 Å². The molecule has 0 radical (unpaired) electrons. The molecular formula is C23H24N2O4S. The first-order valence-corrected chi connectivity index (χ1v) is 10.1. The zero-order valence-electron chi connectivity index (χ0n) is 16.7. The fourth-order valence-electron chi connectivity index (χ4n) is 2.77. The fraction of sp³-hybridized carbons (Fsp3) is 0.217. The molecule has 3 N–H and O–H groups in total. The Bertz CT molecular complexity index is 1020. The van der Waals surface area contributed by atoms with Crippen LogP contribution in [0.1, 0.15) is 35.9 Å². The Balaban J connectivity index is 1.61. The van der Waals surface area contributed by atoms with Crippen molar-refractivity contribution in [2.45, 2.75) is 26.4 Å². The lowest BCUT2D eigenvalue weighted by atomic mass is 10.1. The van der Waals surface area contributed by atoms with Crippen molar-refractivity contribution >= 4 is 28.9 Å². The highest BCUT2D eigenvalue weighted by Crippen LogP contribution is 2.25. The highest BCUT2D eigenvalue weighted by Gasteiger charge is 2.10. The van der Waals surface area contributed by atoms with Crippen LogP contribution in [-0.4, -0.2) is 22.7 Å². The summed E-state index contributed by atoms with van der Waals surface area (Å²) < 4.78 is 11.2. The topological polar surface area (TPSA) is 83.7 Å². The van der Waals surface area contributed by atoms with Crippen LogP contribution in [-0.2, 0) is 6.61 Å². The summed E-state index contributed by atoms with van der Waals surface area (Å²) in [5, 5.41) is 15.0. The van der Waals surface area contributed by atoms with E-state index in [0.29, 0.717) is 35.1 Å². The van der Waals surface area contributed by atoms with E-state index in [-0.39, 0.29) is 17.6 Å². The van der Waals surface area contributed by atoms with Crippen molar-refractivity contribution in [3.05, 3.63) is 72.0 Å². The first-order valence-electron chi connectivity index (χ1n) is 9.74. The van der Waals surface area contributed by atoms with Gasteiger partial charge in [0.05, 0.1) is 6.61 Å². The Labute approximate surface area is 180 Å². The Morgan fingerprint density at radius 2 is 1.97 bits per heavy atom. The molecule has 3 aromatic rings. The smallest absolute Gasteiger partial charge is 0.257 e. The van der Waals surface area contributed by atoms with Crippen molar-refractivity contribution in [1.29, 1.82) is 0 Å². The third-order valence-electron chi connectivity index (χ3n) is 4.31. The standard InChI is InChI=1S/C23H24N2O4S/c1-2-3-12-28-19-9-5-7-17(14-19)22(27)25-23(30)24-18-8-4-6-16(13-18)21-11-10-20(15-26)29-21/h4-11,13-14,26H,2-3,12,15H2,1H3,(H2,24,25,27,30). The maximum absolute atomic E-state index is 12.5. The third-order valence-corrected chi connectivity index (χ3v) is 4.52. The van der Waals surface area contributed by atoms with Crippen LogP contribution in [0.4, 0.5) is 5.69 Å². The molecule has 30 heavy (non-hydrogen) atoms. The number of aliphatic hydroxyl groups is 1. The summed E-state index contributed by atoms with van der Waals surface area (Å²) in [6, 6.07) is 17.9. The molecule has 0 fully saturated rings. The normalized spacial score (nSPS) is 10.5.